The fraction of sp³-hybridized carbons (Fsp3) is 0.100. The van der Waals surface area contributed by atoms with Gasteiger partial charge in [0.1, 0.15) is 5.82 Å². The zero-order chi connectivity index (χ0) is 9.97. The first-order chi connectivity index (χ1) is 6.79. The van der Waals surface area contributed by atoms with Crippen molar-refractivity contribution in [3.05, 3.63) is 42.6 Å². The molecule has 0 saturated heterocycles. The second-order valence-corrected chi connectivity index (χ2v) is 3.14. The molecule has 1 aromatic heterocycles. The quantitative estimate of drug-likeness (QED) is 0.744. The SMILES string of the molecule is Cl.Fc1ccc(-c2cn(CCl)cn2)cc1. The molecule has 0 bridgehead atoms. The molecule has 0 N–H and O–H groups in total. The van der Waals surface area contributed by atoms with Crippen molar-refractivity contribution < 1.29 is 4.39 Å². The number of hydrogen-bond acceptors (Lipinski definition) is 1. The largest absolute Gasteiger partial charge is 0.323 e. The van der Waals surface area contributed by atoms with Gasteiger partial charge in [0, 0.05) is 11.8 Å². The first-order valence-electron chi connectivity index (χ1n) is 4.13. The van der Waals surface area contributed by atoms with E-state index in [9.17, 15) is 4.39 Å². The lowest BCUT2D eigenvalue weighted by atomic mass is 10.2. The van der Waals surface area contributed by atoms with E-state index >= 15 is 0 Å². The van der Waals surface area contributed by atoms with E-state index in [4.69, 9.17) is 11.6 Å². The van der Waals surface area contributed by atoms with E-state index in [0.717, 1.165) is 11.3 Å². The highest BCUT2D eigenvalue weighted by Crippen LogP contribution is 2.17. The van der Waals surface area contributed by atoms with Crippen LogP contribution in [0.5, 0.6) is 0 Å². The van der Waals surface area contributed by atoms with Crippen molar-refractivity contribution in [2.45, 2.75) is 6.00 Å². The maximum absolute atomic E-state index is 12.6. The van der Waals surface area contributed by atoms with Crippen LogP contribution in [0.2, 0.25) is 0 Å². The van der Waals surface area contributed by atoms with Crippen LogP contribution < -0.4 is 0 Å². The first-order valence-corrected chi connectivity index (χ1v) is 4.67. The third-order valence-electron chi connectivity index (χ3n) is 1.91. The number of halogens is 3. The van der Waals surface area contributed by atoms with E-state index in [2.05, 4.69) is 4.98 Å². The van der Waals surface area contributed by atoms with Crippen molar-refractivity contribution in [2.24, 2.45) is 0 Å². The van der Waals surface area contributed by atoms with E-state index < -0.39 is 0 Å². The Morgan fingerprint density at radius 2 is 1.93 bits per heavy atom. The van der Waals surface area contributed by atoms with E-state index in [-0.39, 0.29) is 18.2 Å². The second-order valence-electron chi connectivity index (χ2n) is 2.90. The molecule has 5 heteroatoms. The van der Waals surface area contributed by atoms with Gasteiger partial charge in [-0.25, -0.2) is 9.37 Å². The Balaban J connectivity index is 0.00000112. The number of alkyl halides is 1. The predicted octanol–water partition coefficient (Wildman–Crippen LogP) is 3.31. The summed E-state index contributed by atoms with van der Waals surface area (Å²) in [5.74, 6) is -0.245. The van der Waals surface area contributed by atoms with Crippen molar-refractivity contribution in [2.75, 3.05) is 0 Å². The highest BCUT2D eigenvalue weighted by Gasteiger charge is 2.01. The fourth-order valence-corrected chi connectivity index (χ4v) is 1.33. The van der Waals surface area contributed by atoms with Crippen LogP contribution in [-0.4, -0.2) is 9.55 Å². The minimum atomic E-state index is -0.245. The van der Waals surface area contributed by atoms with Gasteiger partial charge in [0.2, 0.25) is 0 Å². The lowest BCUT2D eigenvalue weighted by Crippen LogP contribution is -1.84. The van der Waals surface area contributed by atoms with Gasteiger partial charge in [-0.05, 0) is 24.3 Å². The Morgan fingerprint density at radius 1 is 1.27 bits per heavy atom. The molecule has 0 radical (unpaired) electrons. The minimum absolute atomic E-state index is 0. The van der Waals surface area contributed by atoms with Gasteiger partial charge in [-0.1, -0.05) is 0 Å². The van der Waals surface area contributed by atoms with Gasteiger partial charge < -0.3 is 4.57 Å². The zero-order valence-electron chi connectivity index (χ0n) is 7.73. The monoisotopic (exact) mass is 246 g/mol. The van der Waals surface area contributed by atoms with Crippen LogP contribution in [-0.2, 0) is 6.00 Å². The van der Waals surface area contributed by atoms with Crippen LogP contribution in [0, 0.1) is 5.82 Å². The average Bonchev–Trinajstić information content (AvgIpc) is 2.67. The van der Waals surface area contributed by atoms with Gasteiger partial charge in [0.05, 0.1) is 18.0 Å². The van der Waals surface area contributed by atoms with Gasteiger partial charge in [-0.2, -0.15) is 0 Å². The number of nitrogens with zero attached hydrogens (tertiary/aromatic N) is 2. The molecule has 0 atom stereocenters. The molecule has 0 aliphatic rings. The minimum Gasteiger partial charge on any atom is -0.323 e. The number of hydrogen-bond donors (Lipinski definition) is 0. The summed E-state index contributed by atoms with van der Waals surface area (Å²) in [6.45, 7) is 0. The molecule has 2 aromatic rings. The Morgan fingerprint density at radius 3 is 2.47 bits per heavy atom. The summed E-state index contributed by atoms with van der Waals surface area (Å²) in [6, 6.07) is 6.57. The first kappa shape index (κ1) is 12.0. The third-order valence-corrected chi connectivity index (χ3v) is 2.19. The molecule has 0 aliphatic carbocycles. The van der Waals surface area contributed by atoms with E-state index in [1.807, 2.05) is 6.20 Å². The molecule has 0 unspecified atom stereocenters. The van der Waals surface area contributed by atoms with Crippen LogP contribution in [0.25, 0.3) is 11.3 Å². The second kappa shape index (κ2) is 5.14. The number of aromatic nitrogens is 2. The summed E-state index contributed by atoms with van der Waals surface area (Å²) in [5.41, 5.74) is 1.68. The molecule has 0 amide bonds. The molecule has 2 nitrogen and oxygen atoms in total. The number of benzene rings is 1. The Kier molecular flexibility index (Phi) is 4.12. The number of rotatable bonds is 2. The van der Waals surface area contributed by atoms with E-state index in [0.29, 0.717) is 6.00 Å². The number of imidazole rings is 1. The van der Waals surface area contributed by atoms with Gasteiger partial charge >= 0.3 is 0 Å². The third kappa shape index (κ3) is 2.70. The molecule has 0 aliphatic heterocycles. The van der Waals surface area contributed by atoms with Gasteiger partial charge in [-0.15, -0.1) is 24.0 Å². The Bertz CT molecular complexity index is 425. The highest BCUT2D eigenvalue weighted by atomic mass is 35.5. The Labute approximate surface area is 98.1 Å². The van der Waals surface area contributed by atoms with Crippen LogP contribution in [0.3, 0.4) is 0 Å². The molecule has 0 saturated carbocycles. The smallest absolute Gasteiger partial charge is 0.123 e. The maximum atomic E-state index is 12.6. The molecule has 0 fully saturated rings. The van der Waals surface area contributed by atoms with Crippen LogP contribution >= 0.6 is 24.0 Å². The van der Waals surface area contributed by atoms with Crippen LogP contribution in [0.1, 0.15) is 0 Å². The molecule has 80 valence electrons. The van der Waals surface area contributed by atoms with Gasteiger partial charge in [0.25, 0.3) is 0 Å². The Hall–Kier alpha value is -1.06. The summed E-state index contributed by atoms with van der Waals surface area (Å²) in [7, 11) is 0. The molecule has 1 heterocycles. The molecule has 2 rings (SSSR count). The van der Waals surface area contributed by atoms with Gasteiger partial charge in [-0.3, -0.25) is 0 Å². The van der Waals surface area contributed by atoms with Crippen molar-refractivity contribution in [1.29, 1.82) is 0 Å². The van der Waals surface area contributed by atoms with Crippen molar-refractivity contribution in [3.8, 4) is 11.3 Å². The summed E-state index contributed by atoms with van der Waals surface area (Å²) in [4.78, 5) is 4.14. The van der Waals surface area contributed by atoms with Crippen molar-refractivity contribution in [3.63, 3.8) is 0 Å². The molecule has 1 aromatic carbocycles. The summed E-state index contributed by atoms with van der Waals surface area (Å²) >= 11 is 5.62. The molecule has 0 spiro atoms. The summed E-state index contributed by atoms with van der Waals surface area (Å²) in [6.07, 6.45) is 3.46. The average molecular weight is 247 g/mol. The van der Waals surface area contributed by atoms with E-state index in [1.54, 1.807) is 23.0 Å². The lowest BCUT2D eigenvalue weighted by molar-refractivity contribution is 0.628. The molecular formula is C10H9Cl2FN2. The highest BCUT2D eigenvalue weighted by molar-refractivity contribution is 6.15. The fourth-order valence-electron chi connectivity index (χ4n) is 1.20. The lowest BCUT2D eigenvalue weighted by Gasteiger charge is -1.95. The maximum Gasteiger partial charge on any atom is 0.123 e. The van der Waals surface area contributed by atoms with Crippen LogP contribution in [0.4, 0.5) is 4.39 Å². The van der Waals surface area contributed by atoms with Gasteiger partial charge in [0.15, 0.2) is 0 Å². The van der Waals surface area contributed by atoms with E-state index in [1.165, 1.54) is 12.1 Å². The standard InChI is InChI=1S/C10H8ClFN2.ClH/c11-6-14-5-10(13-7-14)8-1-3-9(12)4-2-8;/h1-5,7H,6H2;1H. The van der Waals surface area contributed by atoms with Crippen molar-refractivity contribution in [1.82, 2.24) is 9.55 Å². The molecular weight excluding hydrogens is 238 g/mol. The summed E-state index contributed by atoms with van der Waals surface area (Å²) < 4.78 is 14.4. The topological polar surface area (TPSA) is 17.8 Å². The van der Waals surface area contributed by atoms with Crippen molar-refractivity contribution >= 4 is 24.0 Å². The predicted molar refractivity (Wildman–Crippen MR) is 60.7 cm³/mol. The normalized spacial score (nSPS) is 9.73. The zero-order valence-corrected chi connectivity index (χ0v) is 9.30. The molecule has 15 heavy (non-hydrogen) atoms. The van der Waals surface area contributed by atoms with Crippen LogP contribution in [0.15, 0.2) is 36.8 Å². The summed E-state index contributed by atoms with van der Waals surface area (Å²) in [5, 5.41) is 0.